The number of rotatable bonds is 6. The molecule has 2 heteroatoms. The number of carbonyl (C=O) groups excluding carboxylic acids is 1. The predicted molar refractivity (Wildman–Crippen MR) is 121 cm³/mol. The Kier molecular flexibility index (Phi) is 5.16. The minimum Gasteiger partial charge on any atom is -0.508 e. The van der Waals surface area contributed by atoms with Gasteiger partial charge in [-0.15, -0.1) is 0 Å². The summed E-state index contributed by atoms with van der Waals surface area (Å²) in [4.78, 5) is 12.9. The van der Waals surface area contributed by atoms with E-state index in [9.17, 15) is 9.90 Å². The highest BCUT2D eigenvalue weighted by Gasteiger charge is 2.31. The SMILES string of the molecule is O=C(CC1=CCC=C1C1=Cc2ccccc2C1Cc1ccc(O)cc1)C1CCCC1. The monoisotopic (exact) mass is 396 g/mol. The fourth-order valence-electron chi connectivity index (χ4n) is 5.36. The zero-order valence-electron chi connectivity index (χ0n) is 17.3. The fourth-order valence-corrected chi connectivity index (χ4v) is 5.36. The molecule has 1 fully saturated rings. The summed E-state index contributed by atoms with van der Waals surface area (Å²) in [6.07, 6.45) is 13.8. The lowest BCUT2D eigenvalue weighted by Gasteiger charge is -2.20. The van der Waals surface area contributed by atoms with Crippen LogP contribution in [-0.2, 0) is 11.2 Å². The van der Waals surface area contributed by atoms with Crippen molar-refractivity contribution < 1.29 is 9.90 Å². The maximum absolute atomic E-state index is 12.9. The molecule has 2 aromatic carbocycles. The molecule has 0 heterocycles. The van der Waals surface area contributed by atoms with Crippen molar-refractivity contribution in [3.63, 3.8) is 0 Å². The van der Waals surface area contributed by atoms with Crippen molar-refractivity contribution in [2.75, 3.05) is 0 Å². The van der Waals surface area contributed by atoms with Gasteiger partial charge in [-0.1, -0.05) is 67.5 Å². The summed E-state index contributed by atoms with van der Waals surface area (Å²) in [5.41, 5.74) is 7.70. The first-order valence-electron chi connectivity index (χ1n) is 11.2. The highest BCUT2D eigenvalue weighted by atomic mass is 16.3. The molecule has 0 bridgehead atoms. The zero-order valence-corrected chi connectivity index (χ0v) is 17.3. The van der Waals surface area contributed by atoms with Crippen molar-refractivity contribution in [2.45, 2.75) is 50.9 Å². The van der Waals surface area contributed by atoms with Crippen molar-refractivity contribution in [3.8, 4) is 5.75 Å². The molecule has 0 radical (unpaired) electrons. The van der Waals surface area contributed by atoms with Crippen LogP contribution in [0.3, 0.4) is 0 Å². The quantitative estimate of drug-likeness (QED) is 0.603. The molecule has 1 saturated carbocycles. The number of aromatic hydroxyl groups is 1. The molecule has 30 heavy (non-hydrogen) atoms. The molecule has 1 N–H and O–H groups in total. The lowest BCUT2D eigenvalue weighted by atomic mass is 9.83. The van der Waals surface area contributed by atoms with Crippen LogP contribution in [0.15, 0.2) is 77.4 Å². The van der Waals surface area contributed by atoms with Crippen LogP contribution in [0.1, 0.15) is 61.1 Å². The van der Waals surface area contributed by atoms with E-state index in [1.807, 2.05) is 12.1 Å². The van der Waals surface area contributed by atoms with Crippen LogP contribution in [0, 0.1) is 5.92 Å². The van der Waals surface area contributed by atoms with Crippen molar-refractivity contribution in [1.82, 2.24) is 0 Å². The number of hydrogen-bond acceptors (Lipinski definition) is 2. The number of carbonyl (C=O) groups is 1. The van der Waals surface area contributed by atoms with E-state index in [1.165, 1.54) is 46.3 Å². The van der Waals surface area contributed by atoms with Crippen LogP contribution in [-0.4, -0.2) is 10.9 Å². The Bertz CT molecular complexity index is 1050. The number of benzene rings is 2. The number of hydrogen-bond donors (Lipinski definition) is 1. The van der Waals surface area contributed by atoms with Gasteiger partial charge in [-0.3, -0.25) is 4.79 Å². The number of fused-ring (bicyclic) bond motifs is 1. The number of phenols is 1. The Hall–Kier alpha value is -2.87. The van der Waals surface area contributed by atoms with E-state index in [0.29, 0.717) is 18.0 Å². The standard InChI is InChI=1S/C28H28O2/c29-23-14-12-19(13-15-23)16-26-24-10-4-3-8-21(24)17-27(26)25-11-5-9-22(25)18-28(30)20-6-1-2-7-20/h3-4,8-15,17,20,26,29H,1-2,5-7,16,18H2. The summed E-state index contributed by atoms with van der Waals surface area (Å²) in [6, 6.07) is 16.2. The van der Waals surface area contributed by atoms with Gasteiger partial charge in [0.15, 0.2) is 0 Å². The average molecular weight is 397 g/mol. The molecule has 3 aliphatic rings. The maximum Gasteiger partial charge on any atom is 0.140 e. The first-order valence-corrected chi connectivity index (χ1v) is 11.2. The number of allylic oxidation sites excluding steroid dienone is 5. The largest absolute Gasteiger partial charge is 0.508 e. The van der Waals surface area contributed by atoms with E-state index < -0.39 is 0 Å². The molecule has 2 nitrogen and oxygen atoms in total. The number of Topliss-reactive ketones (excluding diaryl/α,β-unsaturated/α-hetero) is 1. The summed E-state index contributed by atoms with van der Waals surface area (Å²) < 4.78 is 0. The summed E-state index contributed by atoms with van der Waals surface area (Å²) in [5.74, 6) is 1.28. The Balaban J connectivity index is 1.42. The first kappa shape index (κ1) is 19.1. The normalized spacial score (nSPS) is 20.7. The van der Waals surface area contributed by atoms with Crippen LogP contribution in [0.5, 0.6) is 5.75 Å². The third-order valence-electron chi connectivity index (χ3n) is 6.95. The van der Waals surface area contributed by atoms with Crippen LogP contribution in [0.2, 0.25) is 0 Å². The third kappa shape index (κ3) is 3.67. The van der Waals surface area contributed by atoms with E-state index in [-0.39, 0.29) is 11.8 Å². The molecule has 5 rings (SSSR count). The van der Waals surface area contributed by atoms with Gasteiger partial charge >= 0.3 is 0 Å². The predicted octanol–water partition coefficient (Wildman–Crippen LogP) is 6.52. The molecule has 1 atom stereocenters. The Morgan fingerprint density at radius 3 is 2.53 bits per heavy atom. The smallest absolute Gasteiger partial charge is 0.140 e. The van der Waals surface area contributed by atoms with Crippen molar-refractivity contribution in [3.05, 3.63) is 94.1 Å². The molecule has 0 aliphatic heterocycles. The van der Waals surface area contributed by atoms with Crippen LogP contribution in [0.4, 0.5) is 0 Å². The molecule has 152 valence electrons. The van der Waals surface area contributed by atoms with E-state index in [0.717, 1.165) is 25.7 Å². The van der Waals surface area contributed by atoms with Crippen LogP contribution < -0.4 is 0 Å². The van der Waals surface area contributed by atoms with Crippen LogP contribution in [0.25, 0.3) is 6.08 Å². The topological polar surface area (TPSA) is 37.3 Å². The third-order valence-corrected chi connectivity index (χ3v) is 6.95. The molecule has 2 aromatic rings. The van der Waals surface area contributed by atoms with Gasteiger partial charge in [0, 0.05) is 18.3 Å². The number of ketones is 1. The molecular weight excluding hydrogens is 368 g/mol. The molecular formula is C28H28O2. The van der Waals surface area contributed by atoms with Gasteiger partial charge < -0.3 is 5.11 Å². The van der Waals surface area contributed by atoms with Crippen molar-refractivity contribution in [2.24, 2.45) is 5.92 Å². The first-order chi connectivity index (χ1) is 14.7. The van der Waals surface area contributed by atoms with Gasteiger partial charge in [-0.05, 0) is 71.2 Å². The molecule has 0 amide bonds. The maximum atomic E-state index is 12.9. The van der Waals surface area contributed by atoms with E-state index in [1.54, 1.807) is 12.1 Å². The molecule has 3 aliphatic carbocycles. The second kappa shape index (κ2) is 8.10. The van der Waals surface area contributed by atoms with Gasteiger partial charge in [0.2, 0.25) is 0 Å². The second-order valence-electron chi connectivity index (χ2n) is 8.86. The summed E-state index contributed by atoms with van der Waals surface area (Å²) >= 11 is 0. The summed E-state index contributed by atoms with van der Waals surface area (Å²) in [5, 5.41) is 9.65. The molecule has 0 saturated heterocycles. The fraction of sp³-hybridized carbons (Fsp3) is 0.321. The Labute approximate surface area is 178 Å². The summed E-state index contributed by atoms with van der Waals surface area (Å²) in [7, 11) is 0. The van der Waals surface area contributed by atoms with Gasteiger partial charge in [-0.25, -0.2) is 0 Å². The van der Waals surface area contributed by atoms with Gasteiger partial charge in [-0.2, -0.15) is 0 Å². The lowest BCUT2D eigenvalue weighted by molar-refractivity contribution is -0.121. The highest BCUT2D eigenvalue weighted by molar-refractivity contribution is 5.86. The lowest BCUT2D eigenvalue weighted by Crippen LogP contribution is -2.13. The minimum absolute atomic E-state index is 0.273. The highest BCUT2D eigenvalue weighted by Crippen LogP contribution is 2.46. The minimum atomic E-state index is 0.273. The molecule has 0 spiro atoms. The average Bonchev–Trinajstić information content (AvgIpc) is 3.50. The van der Waals surface area contributed by atoms with E-state index in [2.05, 4.69) is 42.5 Å². The molecule has 0 aromatic heterocycles. The van der Waals surface area contributed by atoms with Gasteiger partial charge in [0.1, 0.15) is 11.5 Å². The van der Waals surface area contributed by atoms with Crippen molar-refractivity contribution >= 4 is 11.9 Å². The van der Waals surface area contributed by atoms with Crippen LogP contribution >= 0.6 is 0 Å². The van der Waals surface area contributed by atoms with Gasteiger partial charge in [0.05, 0.1) is 0 Å². The van der Waals surface area contributed by atoms with E-state index in [4.69, 9.17) is 0 Å². The second-order valence-corrected chi connectivity index (χ2v) is 8.86. The number of phenolic OH excluding ortho intramolecular Hbond substituents is 1. The van der Waals surface area contributed by atoms with Crippen molar-refractivity contribution in [1.29, 1.82) is 0 Å². The summed E-state index contributed by atoms with van der Waals surface area (Å²) in [6.45, 7) is 0. The Morgan fingerprint density at radius 2 is 1.73 bits per heavy atom. The van der Waals surface area contributed by atoms with E-state index >= 15 is 0 Å². The zero-order chi connectivity index (χ0) is 20.5. The Morgan fingerprint density at radius 1 is 0.967 bits per heavy atom. The van der Waals surface area contributed by atoms with Gasteiger partial charge in [0.25, 0.3) is 0 Å². The molecule has 1 unspecified atom stereocenters.